The Morgan fingerprint density at radius 3 is 2.05 bits per heavy atom. The highest BCUT2D eigenvalue weighted by Gasteiger charge is 2.41. The first-order valence-corrected chi connectivity index (χ1v) is 14.4. The number of carbonyl (C=O) groups is 5. The summed E-state index contributed by atoms with van der Waals surface area (Å²) in [5.41, 5.74) is 4.68. The minimum atomic E-state index is -1.09. The van der Waals surface area contributed by atoms with Gasteiger partial charge in [0, 0.05) is 12.1 Å². The Balaban J connectivity index is 0.00000168. The maximum Gasteiger partial charge on any atom is 0.315 e. The second-order valence-electron chi connectivity index (χ2n) is 11.0. The van der Waals surface area contributed by atoms with Gasteiger partial charge in [-0.1, -0.05) is 32.6 Å². The number of primary amides is 1. The summed E-state index contributed by atoms with van der Waals surface area (Å²) in [5.74, 6) is -2.68. The van der Waals surface area contributed by atoms with Crippen LogP contribution in [-0.4, -0.2) is 69.5 Å². The molecular formula is C26H45Cl2N5O5. The van der Waals surface area contributed by atoms with Gasteiger partial charge >= 0.3 is 6.03 Å². The predicted molar refractivity (Wildman–Crippen MR) is 149 cm³/mol. The van der Waals surface area contributed by atoms with Crippen molar-refractivity contribution in [2.24, 2.45) is 11.7 Å². The van der Waals surface area contributed by atoms with Crippen LogP contribution in [0, 0.1) is 5.92 Å². The van der Waals surface area contributed by atoms with Crippen molar-refractivity contribution in [2.75, 3.05) is 6.54 Å². The molecule has 5 amide bonds. The van der Waals surface area contributed by atoms with E-state index in [-0.39, 0.29) is 23.1 Å². The zero-order valence-electron chi connectivity index (χ0n) is 23.3. The van der Waals surface area contributed by atoms with Gasteiger partial charge in [0.15, 0.2) is 0 Å². The molecule has 0 bridgehead atoms. The molecule has 5 N–H and O–H groups in total. The van der Waals surface area contributed by atoms with Gasteiger partial charge < -0.3 is 26.6 Å². The number of halogens is 2. The summed E-state index contributed by atoms with van der Waals surface area (Å²) in [6.07, 6.45) is 6.72. The van der Waals surface area contributed by atoms with E-state index in [2.05, 4.69) is 16.0 Å². The molecule has 1 saturated heterocycles. The number of hydrogen-bond donors (Lipinski definition) is 4. The Kier molecular flexibility index (Phi) is 14.4. The quantitative estimate of drug-likeness (QED) is 0.245. The van der Waals surface area contributed by atoms with Crippen LogP contribution in [0.4, 0.5) is 4.79 Å². The molecule has 0 aromatic rings. The summed E-state index contributed by atoms with van der Waals surface area (Å²) in [4.78, 5) is 64.2. The Bertz CT molecular complexity index is 825. The fourth-order valence-electron chi connectivity index (χ4n) is 4.85. The van der Waals surface area contributed by atoms with Crippen molar-refractivity contribution in [1.82, 2.24) is 20.9 Å². The van der Waals surface area contributed by atoms with Gasteiger partial charge in [0.1, 0.15) is 16.9 Å². The maximum absolute atomic E-state index is 13.7. The smallest absolute Gasteiger partial charge is 0.315 e. The SMILES string of the molecule is CC(Cl)Cl.CCCC(NC(=O)C1CCCN1C(=O)C(NC(=O)NC(C)(C)C)C1CCCCC1)C(=O)C(N)=O. The number of Topliss-reactive ketones (excluding diaryl/α,β-unsaturated/α-hetero) is 1. The molecule has 3 atom stereocenters. The van der Waals surface area contributed by atoms with E-state index >= 15 is 0 Å². The molecule has 0 spiro atoms. The Morgan fingerprint density at radius 1 is 0.974 bits per heavy atom. The van der Waals surface area contributed by atoms with Crippen LogP contribution in [0.15, 0.2) is 0 Å². The summed E-state index contributed by atoms with van der Waals surface area (Å²) in [5, 5.41) is 8.37. The lowest BCUT2D eigenvalue weighted by Crippen LogP contribution is -2.59. The number of hydrogen-bond acceptors (Lipinski definition) is 5. The number of ketones is 1. The number of alkyl halides is 2. The molecule has 1 aliphatic carbocycles. The molecule has 0 aromatic heterocycles. The lowest BCUT2D eigenvalue weighted by Gasteiger charge is -2.35. The normalized spacial score (nSPS) is 19.6. The number of amides is 5. The van der Waals surface area contributed by atoms with E-state index in [1.165, 1.54) is 4.90 Å². The van der Waals surface area contributed by atoms with Crippen LogP contribution in [0.3, 0.4) is 0 Å². The lowest BCUT2D eigenvalue weighted by molar-refractivity contribution is -0.143. The summed E-state index contributed by atoms with van der Waals surface area (Å²) in [6.45, 7) is 9.52. The van der Waals surface area contributed by atoms with Crippen molar-refractivity contribution in [3.05, 3.63) is 0 Å². The largest absolute Gasteiger partial charge is 0.363 e. The zero-order chi connectivity index (χ0) is 29.0. The molecule has 0 radical (unpaired) electrons. The summed E-state index contributed by atoms with van der Waals surface area (Å²) in [7, 11) is 0. The number of likely N-dealkylation sites (tertiary alicyclic amines) is 1. The minimum absolute atomic E-state index is 0.000517. The first kappa shape index (κ1) is 34.0. The predicted octanol–water partition coefficient (Wildman–Crippen LogP) is 3.17. The van der Waals surface area contributed by atoms with Crippen LogP contribution in [-0.2, 0) is 19.2 Å². The van der Waals surface area contributed by atoms with Crippen molar-refractivity contribution in [3.8, 4) is 0 Å². The summed E-state index contributed by atoms with van der Waals surface area (Å²) in [6, 6.07) is -2.90. The van der Waals surface area contributed by atoms with Crippen LogP contribution in [0.1, 0.15) is 92.4 Å². The van der Waals surface area contributed by atoms with Gasteiger partial charge in [-0.25, -0.2) is 4.79 Å². The molecule has 2 rings (SSSR count). The van der Waals surface area contributed by atoms with Crippen LogP contribution < -0.4 is 21.7 Å². The Hall–Kier alpha value is -2.07. The molecule has 2 fully saturated rings. The highest BCUT2D eigenvalue weighted by Crippen LogP contribution is 2.29. The maximum atomic E-state index is 13.7. The molecular weight excluding hydrogens is 533 g/mol. The van der Waals surface area contributed by atoms with E-state index in [1.54, 1.807) is 6.92 Å². The van der Waals surface area contributed by atoms with E-state index in [1.807, 2.05) is 27.7 Å². The topological polar surface area (TPSA) is 151 Å². The van der Waals surface area contributed by atoms with E-state index < -0.39 is 47.3 Å². The van der Waals surface area contributed by atoms with E-state index in [0.29, 0.717) is 25.8 Å². The molecule has 2 aliphatic rings. The fraction of sp³-hybridized carbons (Fsp3) is 0.808. The van der Waals surface area contributed by atoms with Gasteiger partial charge in [0.05, 0.1) is 6.04 Å². The average molecular weight is 579 g/mol. The first-order chi connectivity index (χ1) is 17.7. The third kappa shape index (κ3) is 11.8. The van der Waals surface area contributed by atoms with Crippen molar-refractivity contribution in [2.45, 2.75) is 121 Å². The first-order valence-electron chi connectivity index (χ1n) is 13.5. The van der Waals surface area contributed by atoms with E-state index in [0.717, 1.165) is 32.1 Å². The monoisotopic (exact) mass is 577 g/mol. The van der Waals surface area contributed by atoms with Crippen LogP contribution >= 0.6 is 23.2 Å². The van der Waals surface area contributed by atoms with Crippen molar-refractivity contribution >= 4 is 52.7 Å². The zero-order valence-corrected chi connectivity index (χ0v) is 24.8. The number of nitrogens with two attached hydrogens (primary N) is 1. The molecule has 3 unspecified atom stereocenters. The van der Waals surface area contributed by atoms with Gasteiger partial charge in [-0.15, -0.1) is 23.2 Å². The Labute approximate surface area is 236 Å². The van der Waals surface area contributed by atoms with Crippen molar-refractivity contribution in [1.29, 1.82) is 0 Å². The molecule has 12 heteroatoms. The lowest BCUT2D eigenvalue weighted by atomic mass is 9.83. The molecule has 1 aliphatic heterocycles. The van der Waals surface area contributed by atoms with Gasteiger partial charge in [0.25, 0.3) is 5.91 Å². The Morgan fingerprint density at radius 2 is 1.55 bits per heavy atom. The number of carbonyl (C=O) groups excluding carboxylic acids is 5. The average Bonchev–Trinajstić information content (AvgIpc) is 3.30. The molecule has 1 saturated carbocycles. The van der Waals surface area contributed by atoms with E-state index in [4.69, 9.17) is 28.9 Å². The van der Waals surface area contributed by atoms with Crippen molar-refractivity contribution in [3.63, 3.8) is 0 Å². The fourth-order valence-corrected chi connectivity index (χ4v) is 4.85. The number of rotatable bonds is 9. The van der Waals surface area contributed by atoms with Crippen LogP contribution in [0.2, 0.25) is 0 Å². The summed E-state index contributed by atoms with van der Waals surface area (Å²) >= 11 is 10.1. The minimum Gasteiger partial charge on any atom is -0.363 e. The molecule has 10 nitrogen and oxygen atoms in total. The van der Waals surface area contributed by atoms with Gasteiger partial charge in [-0.2, -0.15) is 0 Å². The van der Waals surface area contributed by atoms with Gasteiger partial charge in [-0.05, 0) is 65.7 Å². The third-order valence-corrected chi connectivity index (χ3v) is 6.45. The second kappa shape index (κ2) is 16.1. The molecule has 1 heterocycles. The number of nitrogens with one attached hydrogen (secondary N) is 3. The molecule has 218 valence electrons. The van der Waals surface area contributed by atoms with Gasteiger partial charge in [-0.3, -0.25) is 19.2 Å². The standard InChI is InChI=1S/C24H41N5O5.C2H4Cl2/c1-5-10-16(19(30)20(25)31)26-21(32)17-13-9-14-29(17)22(33)18(15-11-7-6-8-12-15)27-23(34)28-24(2,3)4;1-2(3)4/h15-18H,5-14H2,1-4H3,(H2,25,31)(H,26,32)(H2,27,28,34);2H,1H3. The molecule has 38 heavy (non-hydrogen) atoms. The summed E-state index contributed by atoms with van der Waals surface area (Å²) < 4.78 is 0. The third-order valence-electron chi connectivity index (χ3n) is 6.45. The number of urea groups is 1. The van der Waals surface area contributed by atoms with Crippen LogP contribution in [0.25, 0.3) is 0 Å². The highest BCUT2D eigenvalue weighted by atomic mass is 35.5. The number of nitrogens with zero attached hydrogens (tertiary/aromatic N) is 1. The molecule has 0 aromatic carbocycles. The van der Waals surface area contributed by atoms with Gasteiger partial charge in [0.2, 0.25) is 17.6 Å². The van der Waals surface area contributed by atoms with Crippen LogP contribution in [0.5, 0.6) is 0 Å². The van der Waals surface area contributed by atoms with Crippen molar-refractivity contribution < 1.29 is 24.0 Å². The van der Waals surface area contributed by atoms with E-state index in [9.17, 15) is 24.0 Å². The second-order valence-corrected chi connectivity index (χ2v) is 12.5. The highest BCUT2D eigenvalue weighted by molar-refractivity contribution is 6.43.